The molecule has 0 spiro atoms. The van der Waals surface area contributed by atoms with E-state index in [9.17, 15) is 0 Å². The molecule has 1 saturated heterocycles. The van der Waals surface area contributed by atoms with Gasteiger partial charge in [-0.25, -0.2) is 0 Å². The predicted octanol–water partition coefficient (Wildman–Crippen LogP) is -0.743. The molecule has 1 rings (SSSR count). The standard InChI is InChI=1S/C5H11NO3.C3H6O.C2H6/c6-3-1-9-2-4(7)5(3)8;1-2-3-4;1-2/h3-5,7-8H,1-2,6H2;2,4H,1,3H2;1-2H3/t3-,4+,5-;;/m0../s1. The lowest BCUT2D eigenvalue weighted by atomic mass is 10.1. The van der Waals surface area contributed by atoms with Gasteiger partial charge >= 0.3 is 0 Å². The van der Waals surface area contributed by atoms with Crippen molar-refractivity contribution in [1.82, 2.24) is 0 Å². The third-order valence-corrected chi connectivity index (χ3v) is 1.56. The van der Waals surface area contributed by atoms with Crippen LogP contribution in [0.1, 0.15) is 13.8 Å². The van der Waals surface area contributed by atoms with Crippen molar-refractivity contribution in [3.63, 3.8) is 0 Å². The molecule has 0 saturated carbocycles. The molecule has 1 aliphatic heterocycles. The van der Waals surface area contributed by atoms with Gasteiger partial charge in [-0.1, -0.05) is 19.9 Å². The van der Waals surface area contributed by atoms with Crippen LogP contribution in [0.15, 0.2) is 12.7 Å². The minimum absolute atomic E-state index is 0.0833. The predicted molar refractivity (Wildman–Crippen MR) is 59.4 cm³/mol. The lowest BCUT2D eigenvalue weighted by Gasteiger charge is -2.28. The zero-order valence-corrected chi connectivity index (χ0v) is 9.47. The number of aliphatic hydroxyl groups is 3. The van der Waals surface area contributed by atoms with Gasteiger partial charge in [-0.3, -0.25) is 0 Å². The molecular formula is C10H23NO4. The van der Waals surface area contributed by atoms with Crippen molar-refractivity contribution in [1.29, 1.82) is 0 Å². The van der Waals surface area contributed by atoms with E-state index in [0.717, 1.165) is 0 Å². The summed E-state index contributed by atoms with van der Waals surface area (Å²) in [4.78, 5) is 0. The Kier molecular flexibility index (Phi) is 13.1. The van der Waals surface area contributed by atoms with Crippen LogP contribution in [-0.4, -0.2) is 53.4 Å². The Balaban J connectivity index is 0. The van der Waals surface area contributed by atoms with Gasteiger partial charge < -0.3 is 25.8 Å². The summed E-state index contributed by atoms with van der Waals surface area (Å²) in [5.74, 6) is 0. The van der Waals surface area contributed by atoms with E-state index in [-0.39, 0.29) is 13.2 Å². The third-order valence-electron chi connectivity index (χ3n) is 1.56. The van der Waals surface area contributed by atoms with Crippen LogP contribution in [0.4, 0.5) is 0 Å². The van der Waals surface area contributed by atoms with Crippen LogP contribution in [0, 0.1) is 0 Å². The number of nitrogens with two attached hydrogens (primary N) is 1. The molecular weight excluding hydrogens is 198 g/mol. The molecule has 3 atom stereocenters. The average molecular weight is 221 g/mol. The fourth-order valence-electron chi connectivity index (χ4n) is 0.807. The minimum atomic E-state index is -0.821. The summed E-state index contributed by atoms with van der Waals surface area (Å²) in [5.41, 5.74) is 5.33. The van der Waals surface area contributed by atoms with Gasteiger partial charge in [-0.15, -0.1) is 6.58 Å². The zero-order chi connectivity index (χ0) is 12.3. The molecule has 0 bridgehead atoms. The fourth-order valence-corrected chi connectivity index (χ4v) is 0.807. The molecule has 0 radical (unpaired) electrons. The van der Waals surface area contributed by atoms with Crippen molar-refractivity contribution in [3.8, 4) is 0 Å². The largest absolute Gasteiger partial charge is 0.392 e. The summed E-state index contributed by atoms with van der Waals surface area (Å²) < 4.78 is 4.83. The first-order valence-electron chi connectivity index (χ1n) is 5.04. The highest BCUT2D eigenvalue weighted by Crippen LogP contribution is 2.05. The number of ether oxygens (including phenoxy) is 1. The van der Waals surface area contributed by atoms with Crippen LogP contribution in [0.2, 0.25) is 0 Å². The zero-order valence-electron chi connectivity index (χ0n) is 9.47. The van der Waals surface area contributed by atoms with Crippen LogP contribution in [0.25, 0.3) is 0 Å². The number of hydrogen-bond acceptors (Lipinski definition) is 5. The normalized spacial score (nSPS) is 29.1. The first kappa shape index (κ1) is 17.0. The molecule has 0 amide bonds. The molecule has 1 aliphatic rings. The summed E-state index contributed by atoms with van der Waals surface area (Å²) >= 11 is 0. The van der Waals surface area contributed by atoms with Crippen LogP contribution in [0.3, 0.4) is 0 Å². The summed E-state index contributed by atoms with van der Waals surface area (Å²) in [5, 5.41) is 25.6. The third kappa shape index (κ3) is 8.53. The maximum Gasteiger partial charge on any atom is 0.105 e. The van der Waals surface area contributed by atoms with Gasteiger partial charge in [-0.05, 0) is 0 Å². The van der Waals surface area contributed by atoms with Gasteiger partial charge in [0, 0.05) is 0 Å². The van der Waals surface area contributed by atoms with Crippen LogP contribution in [0.5, 0.6) is 0 Å². The Morgan fingerprint density at radius 1 is 1.40 bits per heavy atom. The molecule has 0 aromatic carbocycles. The molecule has 0 aromatic rings. The molecule has 15 heavy (non-hydrogen) atoms. The van der Waals surface area contributed by atoms with Crippen molar-refractivity contribution < 1.29 is 20.1 Å². The van der Waals surface area contributed by atoms with Crippen molar-refractivity contribution in [2.24, 2.45) is 5.73 Å². The second kappa shape index (κ2) is 11.6. The van der Waals surface area contributed by atoms with Crippen molar-refractivity contribution in [2.45, 2.75) is 32.1 Å². The molecule has 92 valence electrons. The van der Waals surface area contributed by atoms with E-state index in [2.05, 4.69) is 6.58 Å². The molecule has 1 heterocycles. The van der Waals surface area contributed by atoms with E-state index in [4.69, 9.17) is 25.8 Å². The van der Waals surface area contributed by atoms with E-state index < -0.39 is 18.2 Å². The van der Waals surface area contributed by atoms with E-state index >= 15 is 0 Å². The summed E-state index contributed by atoms with van der Waals surface area (Å²) in [6.07, 6.45) is -0.201. The van der Waals surface area contributed by atoms with E-state index in [1.165, 1.54) is 6.08 Å². The van der Waals surface area contributed by atoms with Crippen molar-refractivity contribution in [3.05, 3.63) is 12.7 Å². The highest BCUT2D eigenvalue weighted by molar-refractivity contribution is 4.81. The highest BCUT2D eigenvalue weighted by Gasteiger charge is 2.27. The van der Waals surface area contributed by atoms with E-state index in [0.29, 0.717) is 6.61 Å². The van der Waals surface area contributed by atoms with Gasteiger partial charge in [-0.2, -0.15) is 0 Å². The maximum atomic E-state index is 8.99. The molecule has 0 aliphatic carbocycles. The van der Waals surface area contributed by atoms with Gasteiger partial charge in [0.2, 0.25) is 0 Å². The Morgan fingerprint density at radius 2 is 1.87 bits per heavy atom. The summed E-state index contributed by atoms with van der Waals surface area (Å²) in [6.45, 7) is 7.83. The van der Waals surface area contributed by atoms with Gasteiger partial charge in [0.25, 0.3) is 0 Å². The highest BCUT2D eigenvalue weighted by atomic mass is 16.5. The monoisotopic (exact) mass is 221 g/mol. The van der Waals surface area contributed by atoms with Crippen molar-refractivity contribution >= 4 is 0 Å². The Labute approximate surface area is 91.2 Å². The Hall–Kier alpha value is -0.460. The number of aliphatic hydroxyl groups excluding tert-OH is 3. The van der Waals surface area contributed by atoms with Gasteiger partial charge in [0.05, 0.1) is 32.0 Å². The Morgan fingerprint density at radius 3 is 2.13 bits per heavy atom. The SMILES string of the molecule is C=CCO.CC.N[C@H]1COC[C@@H](O)[C@H]1O. The first-order chi connectivity index (χ1) is 7.13. The quantitative estimate of drug-likeness (QED) is 0.437. The molecule has 5 heteroatoms. The maximum absolute atomic E-state index is 8.99. The van der Waals surface area contributed by atoms with E-state index in [1.807, 2.05) is 13.8 Å². The van der Waals surface area contributed by atoms with Crippen LogP contribution in [-0.2, 0) is 4.74 Å². The summed E-state index contributed by atoms with van der Waals surface area (Å²) in [6, 6.07) is -0.436. The Bertz CT molecular complexity index is 133. The second-order valence-electron chi connectivity index (χ2n) is 2.73. The smallest absolute Gasteiger partial charge is 0.105 e. The fraction of sp³-hybridized carbons (Fsp3) is 0.800. The first-order valence-corrected chi connectivity index (χ1v) is 5.04. The van der Waals surface area contributed by atoms with Crippen LogP contribution >= 0.6 is 0 Å². The minimum Gasteiger partial charge on any atom is -0.392 e. The van der Waals surface area contributed by atoms with Crippen molar-refractivity contribution in [2.75, 3.05) is 19.8 Å². The topological polar surface area (TPSA) is 95.9 Å². The average Bonchev–Trinajstić information content (AvgIpc) is 2.29. The van der Waals surface area contributed by atoms with Gasteiger partial charge in [0.1, 0.15) is 6.10 Å². The molecule has 5 nitrogen and oxygen atoms in total. The number of hydrogen-bond donors (Lipinski definition) is 4. The number of rotatable bonds is 1. The molecule has 0 unspecified atom stereocenters. The van der Waals surface area contributed by atoms with E-state index in [1.54, 1.807) is 0 Å². The lowest BCUT2D eigenvalue weighted by Crippen LogP contribution is -2.51. The molecule has 5 N–H and O–H groups in total. The molecule has 0 aromatic heterocycles. The van der Waals surface area contributed by atoms with Crippen LogP contribution < -0.4 is 5.73 Å². The molecule has 1 fully saturated rings. The summed E-state index contributed by atoms with van der Waals surface area (Å²) in [7, 11) is 0. The lowest BCUT2D eigenvalue weighted by molar-refractivity contribution is -0.0965. The van der Waals surface area contributed by atoms with Gasteiger partial charge in [0.15, 0.2) is 0 Å². The second-order valence-corrected chi connectivity index (χ2v) is 2.73.